The molecule has 0 radical (unpaired) electrons. The van der Waals surface area contributed by atoms with Crippen molar-refractivity contribution in [1.29, 1.82) is 5.26 Å². The van der Waals surface area contributed by atoms with Crippen LogP contribution in [-0.2, 0) is 14.3 Å². The van der Waals surface area contributed by atoms with Crippen LogP contribution in [0.4, 0.5) is 0 Å². The summed E-state index contributed by atoms with van der Waals surface area (Å²) < 4.78 is 10.00. The van der Waals surface area contributed by atoms with Gasteiger partial charge in [0.2, 0.25) is 0 Å². The van der Waals surface area contributed by atoms with Gasteiger partial charge in [0.1, 0.15) is 11.3 Å². The number of nitrogens with zero attached hydrogens (tertiary/aromatic N) is 1. The maximum Gasteiger partial charge on any atom is 0.331 e. The topological polar surface area (TPSA) is 88.4 Å². The van der Waals surface area contributed by atoms with Gasteiger partial charge in [0.15, 0.2) is 6.61 Å². The Kier molecular flexibility index (Phi) is 5.96. The second kappa shape index (κ2) is 8.16. The molecular formula is C18H20N2O4. The minimum atomic E-state index is -0.806. The lowest BCUT2D eigenvalue weighted by Gasteiger charge is -2.21. The Hall–Kier alpha value is -2.81. The monoisotopic (exact) mass is 328 g/mol. The minimum absolute atomic E-state index is 0.398. The molecule has 2 rings (SSSR count). The molecule has 6 heteroatoms. The fourth-order valence-electron chi connectivity index (χ4n) is 2.64. The summed E-state index contributed by atoms with van der Waals surface area (Å²) in [7, 11) is 1.56. The maximum atomic E-state index is 11.8. The van der Waals surface area contributed by atoms with Crippen LogP contribution in [0.25, 0.3) is 6.08 Å². The number of nitriles is 1. The number of carbonyl (C=O) groups is 2. The smallest absolute Gasteiger partial charge is 0.331 e. The highest BCUT2D eigenvalue weighted by molar-refractivity contribution is 5.89. The molecule has 1 N–H and O–H groups in total. The molecule has 0 heterocycles. The van der Waals surface area contributed by atoms with Crippen LogP contribution in [0.3, 0.4) is 0 Å². The quantitative estimate of drug-likeness (QED) is 0.639. The van der Waals surface area contributed by atoms with Crippen LogP contribution in [0.2, 0.25) is 0 Å². The maximum absolute atomic E-state index is 11.8. The Morgan fingerprint density at radius 1 is 1.38 bits per heavy atom. The van der Waals surface area contributed by atoms with Crippen molar-refractivity contribution in [3.05, 3.63) is 35.9 Å². The van der Waals surface area contributed by atoms with Crippen molar-refractivity contribution >= 4 is 18.0 Å². The number of carbonyl (C=O) groups excluding carboxylic acids is 2. The molecule has 1 aliphatic rings. The molecule has 0 aromatic heterocycles. The lowest BCUT2D eigenvalue weighted by atomic mass is 10.00. The lowest BCUT2D eigenvalue weighted by molar-refractivity contribution is -0.144. The minimum Gasteiger partial charge on any atom is -0.497 e. The second-order valence-electron chi connectivity index (χ2n) is 5.67. The molecule has 1 aromatic rings. The predicted octanol–water partition coefficient (Wildman–Crippen LogP) is 2.20. The third-order valence-corrected chi connectivity index (χ3v) is 3.90. The number of hydrogen-bond acceptors (Lipinski definition) is 5. The Morgan fingerprint density at radius 2 is 2.12 bits per heavy atom. The summed E-state index contributed by atoms with van der Waals surface area (Å²) in [6, 6.07) is 9.35. The molecule has 0 spiro atoms. The number of methoxy groups -OCH3 is 1. The number of hydrogen-bond donors (Lipinski definition) is 1. The van der Waals surface area contributed by atoms with E-state index >= 15 is 0 Å². The number of esters is 1. The van der Waals surface area contributed by atoms with Gasteiger partial charge >= 0.3 is 5.97 Å². The van der Waals surface area contributed by atoms with E-state index < -0.39 is 24.0 Å². The third kappa shape index (κ3) is 4.85. The van der Waals surface area contributed by atoms with Gasteiger partial charge in [0.25, 0.3) is 5.91 Å². The second-order valence-corrected chi connectivity index (χ2v) is 5.67. The molecular weight excluding hydrogens is 308 g/mol. The van der Waals surface area contributed by atoms with Crippen LogP contribution in [0.15, 0.2) is 30.3 Å². The van der Waals surface area contributed by atoms with Crippen LogP contribution in [0.5, 0.6) is 5.75 Å². The summed E-state index contributed by atoms with van der Waals surface area (Å²) in [4.78, 5) is 23.5. The van der Waals surface area contributed by atoms with Crippen LogP contribution < -0.4 is 10.1 Å². The van der Waals surface area contributed by atoms with E-state index in [1.807, 2.05) is 6.07 Å². The number of rotatable bonds is 6. The summed E-state index contributed by atoms with van der Waals surface area (Å²) in [5.41, 5.74) is -0.0231. The summed E-state index contributed by atoms with van der Waals surface area (Å²) in [5.74, 6) is -0.393. The fraction of sp³-hybridized carbons (Fsp3) is 0.389. The van der Waals surface area contributed by atoms with E-state index in [0.717, 1.165) is 18.4 Å². The zero-order chi connectivity index (χ0) is 17.4. The highest BCUT2D eigenvalue weighted by atomic mass is 16.5. The molecule has 1 aliphatic carbocycles. The molecule has 126 valence electrons. The van der Waals surface area contributed by atoms with E-state index in [1.54, 1.807) is 31.4 Å². The highest BCUT2D eigenvalue weighted by Crippen LogP contribution is 2.28. The Bertz CT molecular complexity index is 670. The van der Waals surface area contributed by atoms with Gasteiger partial charge in [0.05, 0.1) is 13.2 Å². The van der Waals surface area contributed by atoms with Gasteiger partial charge in [-0.3, -0.25) is 4.79 Å². The summed E-state index contributed by atoms with van der Waals surface area (Å²) >= 11 is 0. The van der Waals surface area contributed by atoms with Gasteiger partial charge in [-0.2, -0.15) is 5.26 Å². The van der Waals surface area contributed by atoms with Gasteiger partial charge in [0, 0.05) is 6.08 Å². The molecule has 1 aromatic carbocycles. The van der Waals surface area contributed by atoms with Crippen molar-refractivity contribution in [3.8, 4) is 11.8 Å². The summed E-state index contributed by atoms with van der Waals surface area (Å²) in [6.45, 7) is -0.398. The zero-order valence-corrected chi connectivity index (χ0v) is 13.6. The van der Waals surface area contributed by atoms with Crippen molar-refractivity contribution in [1.82, 2.24) is 5.32 Å². The summed E-state index contributed by atoms with van der Waals surface area (Å²) in [5, 5.41) is 11.9. The van der Waals surface area contributed by atoms with E-state index in [1.165, 1.54) is 6.08 Å². The zero-order valence-electron chi connectivity index (χ0n) is 13.6. The van der Waals surface area contributed by atoms with Gasteiger partial charge in [-0.1, -0.05) is 12.1 Å². The molecule has 0 aliphatic heterocycles. The fourth-order valence-corrected chi connectivity index (χ4v) is 2.64. The first-order chi connectivity index (χ1) is 11.6. The molecule has 1 saturated carbocycles. The average Bonchev–Trinajstić information content (AvgIpc) is 3.07. The average molecular weight is 328 g/mol. The standard InChI is InChI=1S/C18H20N2O4/c1-23-15-6-4-5-14(11-15)7-8-17(22)24-12-16(21)20-18(13-19)9-2-3-10-18/h4-8,11H,2-3,9-10,12H2,1H3,(H,20,21)/b8-7+. The van der Waals surface area contributed by atoms with Gasteiger partial charge in [-0.25, -0.2) is 4.79 Å². The Balaban J connectivity index is 1.81. The van der Waals surface area contributed by atoms with Crippen molar-refractivity contribution in [3.63, 3.8) is 0 Å². The van der Waals surface area contributed by atoms with Crippen LogP contribution in [-0.4, -0.2) is 31.1 Å². The van der Waals surface area contributed by atoms with Crippen LogP contribution >= 0.6 is 0 Å². The van der Waals surface area contributed by atoms with E-state index in [0.29, 0.717) is 18.6 Å². The first kappa shape index (κ1) is 17.5. The van der Waals surface area contributed by atoms with Gasteiger partial charge in [-0.15, -0.1) is 0 Å². The highest BCUT2D eigenvalue weighted by Gasteiger charge is 2.35. The molecule has 24 heavy (non-hydrogen) atoms. The number of ether oxygens (including phenoxy) is 2. The van der Waals surface area contributed by atoms with Gasteiger partial charge in [-0.05, 0) is 49.5 Å². The Morgan fingerprint density at radius 3 is 2.79 bits per heavy atom. The SMILES string of the molecule is COc1cccc(/C=C/C(=O)OCC(=O)NC2(C#N)CCCC2)c1. The molecule has 0 unspecified atom stereocenters. The number of amides is 1. The van der Waals surface area contributed by atoms with E-state index in [-0.39, 0.29) is 0 Å². The molecule has 1 fully saturated rings. The van der Waals surface area contributed by atoms with E-state index in [9.17, 15) is 14.9 Å². The number of nitrogens with one attached hydrogen (secondary N) is 1. The lowest BCUT2D eigenvalue weighted by Crippen LogP contribution is -2.46. The van der Waals surface area contributed by atoms with Crippen molar-refractivity contribution in [2.45, 2.75) is 31.2 Å². The molecule has 0 bridgehead atoms. The number of benzene rings is 1. The van der Waals surface area contributed by atoms with E-state index in [4.69, 9.17) is 9.47 Å². The van der Waals surface area contributed by atoms with Crippen LogP contribution in [0.1, 0.15) is 31.2 Å². The van der Waals surface area contributed by atoms with Crippen molar-refractivity contribution < 1.29 is 19.1 Å². The first-order valence-corrected chi connectivity index (χ1v) is 7.78. The first-order valence-electron chi connectivity index (χ1n) is 7.78. The predicted molar refractivity (Wildman–Crippen MR) is 87.9 cm³/mol. The van der Waals surface area contributed by atoms with Crippen LogP contribution in [0, 0.1) is 11.3 Å². The van der Waals surface area contributed by atoms with E-state index in [2.05, 4.69) is 11.4 Å². The third-order valence-electron chi connectivity index (χ3n) is 3.90. The van der Waals surface area contributed by atoms with Crippen molar-refractivity contribution in [2.24, 2.45) is 0 Å². The normalized spacial score (nSPS) is 15.7. The van der Waals surface area contributed by atoms with Crippen molar-refractivity contribution in [2.75, 3.05) is 13.7 Å². The largest absolute Gasteiger partial charge is 0.497 e. The molecule has 1 amide bonds. The Labute approximate surface area is 141 Å². The molecule has 0 atom stereocenters. The molecule has 6 nitrogen and oxygen atoms in total. The summed E-state index contributed by atoms with van der Waals surface area (Å²) in [6.07, 6.45) is 5.93. The molecule has 0 saturated heterocycles. The van der Waals surface area contributed by atoms with Gasteiger partial charge < -0.3 is 14.8 Å².